The topological polar surface area (TPSA) is 63.7 Å². The lowest BCUT2D eigenvalue weighted by Crippen LogP contribution is -2.37. The van der Waals surface area contributed by atoms with Gasteiger partial charge in [0.05, 0.1) is 18.1 Å². The van der Waals surface area contributed by atoms with Crippen molar-refractivity contribution >= 4 is 15.7 Å². The second-order valence-electron chi connectivity index (χ2n) is 5.39. The highest BCUT2D eigenvalue weighted by molar-refractivity contribution is 7.91. The molecule has 6 heteroatoms. The number of rotatable bonds is 2. The monoisotopic (exact) mass is 295 g/mol. The van der Waals surface area contributed by atoms with E-state index in [-0.39, 0.29) is 23.5 Å². The maximum absolute atomic E-state index is 12.4. The van der Waals surface area contributed by atoms with Gasteiger partial charge >= 0.3 is 0 Å². The smallest absolute Gasteiger partial charge is 0.253 e. The maximum atomic E-state index is 12.4. The zero-order chi connectivity index (χ0) is 14.3. The first-order valence-corrected chi connectivity index (χ1v) is 8.52. The molecular formula is C14H17NO4S. The van der Waals surface area contributed by atoms with E-state index in [0.29, 0.717) is 18.6 Å². The lowest BCUT2D eigenvalue weighted by Gasteiger charge is -2.23. The van der Waals surface area contributed by atoms with Gasteiger partial charge in [-0.1, -0.05) is 0 Å². The van der Waals surface area contributed by atoms with Gasteiger partial charge in [-0.15, -0.1) is 0 Å². The molecule has 0 radical (unpaired) electrons. The first-order chi connectivity index (χ1) is 9.46. The minimum atomic E-state index is -2.98. The summed E-state index contributed by atoms with van der Waals surface area (Å²) < 4.78 is 28.4. The number of ether oxygens (including phenoxy) is 1. The Morgan fingerprint density at radius 3 is 2.90 bits per heavy atom. The molecule has 2 aliphatic rings. The molecule has 0 bridgehead atoms. The van der Waals surface area contributed by atoms with Crippen molar-refractivity contribution in [3.05, 3.63) is 29.3 Å². The Kier molecular flexibility index (Phi) is 3.20. The van der Waals surface area contributed by atoms with Crippen LogP contribution < -0.4 is 4.74 Å². The fourth-order valence-electron chi connectivity index (χ4n) is 2.77. The summed E-state index contributed by atoms with van der Waals surface area (Å²) in [6.07, 6.45) is 1.34. The molecule has 2 heterocycles. The predicted molar refractivity (Wildman–Crippen MR) is 74.8 cm³/mol. The van der Waals surface area contributed by atoms with E-state index in [1.165, 1.54) is 0 Å². The largest absolute Gasteiger partial charge is 0.493 e. The molecule has 0 aromatic heterocycles. The number of hydrogen-bond acceptors (Lipinski definition) is 4. The molecule has 1 fully saturated rings. The van der Waals surface area contributed by atoms with Crippen LogP contribution in [-0.4, -0.2) is 50.4 Å². The van der Waals surface area contributed by atoms with Gasteiger partial charge < -0.3 is 9.64 Å². The van der Waals surface area contributed by atoms with Crippen molar-refractivity contribution in [1.82, 2.24) is 4.90 Å². The summed E-state index contributed by atoms with van der Waals surface area (Å²) in [6, 6.07) is 5.20. The molecule has 0 aliphatic carbocycles. The van der Waals surface area contributed by atoms with Crippen LogP contribution >= 0.6 is 0 Å². The predicted octanol–water partition coefficient (Wildman–Crippen LogP) is 0.881. The average molecular weight is 295 g/mol. The van der Waals surface area contributed by atoms with E-state index in [1.54, 1.807) is 18.0 Å². The molecule has 1 amide bonds. The summed E-state index contributed by atoms with van der Waals surface area (Å²) in [5.74, 6) is 0.964. The molecule has 5 nitrogen and oxygen atoms in total. The minimum absolute atomic E-state index is 0.0727. The molecule has 0 N–H and O–H groups in total. The van der Waals surface area contributed by atoms with Gasteiger partial charge in [-0.3, -0.25) is 4.79 Å². The summed E-state index contributed by atoms with van der Waals surface area (Å²) in [5, 5.41) is 0. The van der Waals surface area contributed by atoms with Crippen molar-refractivity contribution < 1.29 is 17.9 Å². The molecule has 1 atom stereocenters. The van der Waals surface area contributed by atoms with Crippen LogP contribution in [0.4, 0.5) is 0 Å². The van der Waals surface area contributed by atoms with E-state index in [4.69, 9.17) is 4.74 Å². The number of hydrogen-bond donors (Lipinski definition) is 0. The fourth-order valence-corrected chi connectivity index (χ4v) is 4.54. The molecule has 2 aliphatic heterocycles. The first-order valence-electron chi connectivity index (χ1n) is 6.69. The highest BCUT2D eigenvalue weighted by Gasteiger charge is 2.33. The Labute approximate surface area is 118 Å². The van der Waals surface area contributed by atoms with Crippen LogP contribution in [0.1, 0.15) is 22.3 Å². The van der Waals surface area contributed by atoms with Crippen LogP contribution in [-0.2, 0) is 16.3 Å². The number of fused-ring (bicyclic) bond motifs is 1. The molecule has 0 unspecified atom stereocenters. The normalized spacial score (nSPS) is 23.1. The van der Waals surface area contributed by atoms with Gasteiger partial charge in [0.2, 0.25) is 0 Å². The Bertz CT molecular complexity index is 653. The van der Waals surface area contributed by atoms with Crippen LogP contribution in [0.2, 0.25) is 0 Å². The summed E-state index contributed by atoms with van der Waals surface area (Å²) in [7, 11) is -1.30. The molecule has 1 saturated heterocycles. The van der Waals surface area contributed by atoms with E-state index < -0.39 is 9.84 Å². The molecule has 20 heavy (non-hydrogen) atoms. The van der Waals surface area contributed by atoms with Crippen LogP contribution in [0.5, 0.6) is 5.75 Å². The highest BCUT2D eigenvalue weighted by atomic mass is 32.2. The van der Waals surface area contributed by atoms with Crippen LogP contribution in [0.25, 0.3) is 0 Å². The third-order valence-corrected chi connectivity index (χ3v) is 5.76. The molecule has 108 valence electrons. The standard InChI is InChI=1S/C14H17NO4S/c1-15(12-5-7-20(17,18)9-12)14(16)11-2-3-13-10(8-11)4-6-19-13/h2-3,8,12H,4-7,9H2,1H3/t12-/m1/s1. The Morgan fingerprint density at radius 1 is 1.40 bits per heavy atom. The Morgan fingerprint density at radius 2 is 2.20 bits per heavy atom. The molecule has 1 aromatic carbocycles. The fraction of sp³-hybridized carbons (Fsp3) is 0.500. The molecular weight excluding hydrogens is 278 g/mol. The van der Waals surface area contributed by atoms with Gasteiger partial charge in [0.1, 0.15) is 5.75 Å². The van der Waals surface area contributed by atoms with Crippen LogP contribution in [0.3, 0.4) is 0 Å². The number of benzene rings is 1. The molecule has 0 saturated carbocycles. The number of amides is 1. The van der Waals surface area contributed by atoms with Crippen molar-refractivity contribution in [2.75, 3.05) is 25.2 Å². The molecule has 1 aromatic rings. The van der Waals surface area contributed by atoms with E-state index in [0.717, 1.165) is 17.7 Å². The lowest BCUT2D eigenvalue weighted by molar-refractivity contribution is 0.0747. The zero-order valence-electron chi connectivity index (χ0n) is 11.3. The summed E-state index contributed by atoms with van der Waals surface area (Å²) in [6.45, 7) is 0.656. The highest BCUT2D eigenvalue weighted by Crippen LogP contribution is 2.27. The third-order valence-electron chi connectivity index (χ3n) is 4.01. The van der Waals surface area contributed by atoms with Crippen LogP contribution in [0, 0.1) is 0 Å². The maximum Gasteiger partial charge on any atom is 0.253 e. The minimum Gasteiger partial charge on any atom is -0.493 e. The summed E-state index contributed by atoms with van der Waals surface area (Å²) in [4.78, 5) is 14.0. The van der Waals surface area contributed by atoms with Crippen molar-refractivity contribution in [2.24, 2.45) is 0 Å². The second-order valence-corrected chi connectivity index (χ2v) is 7.62. The van der Waals surface area contributed by atoms with Gasteiger partial charge in [0, 0.05) is 25.1 Å². The number of carbonyl (C=O) groups is 1. The summed E-state index contributed by atoms with van der Waals surface area (Å²) >= 11 is 0. The molecule has 3 rings (SSSR count). The van der Waals surface area contributed by atoms with E-state index in [2.05, 4.69) is 0 Å². The quantitative estimate of drug-likeness (QED) is 0.812. The van der Waals surface area contributed by atoms with Gasteiger partial charge in [-0.05, 0) is 30.2 Å². The van der Waals surface area contributed by atoms with Crippen LogP contribution in [0.15, 0.2) is 18.2 Å². The zero-order valence-corrected chi connectivity index (χ0v) is 12.1. The van der Waals surface area contributed by atoms with E-state index in [9.17, 15) is 13.2 Å². The average Bonchev–Trinajstić information content (AvgIpc) is 3.02. The van der Waals surface area contributed by atoms with Crippen molar-refractivity contribution in [3.63, 3.8) is 0 Å². The van der Waals surface area contributed by atoms with Gasteiger partial charge in [-0.25, -0.2) is 8.42 Å². The first kappa shape index (κ1) is 13.4. The Balaban J connectivity index is 1.79. The number of carbonyl (C=O) groups excluding carboxylic acids is 1. The molecule has 0 spiro atoms. The number of sulfone groups is 1. The van der Waals surface area contributed by atoms with Crippen molar-refractivity contribution in [1.29, 1.82) is 0 Å². The third kappa shape index (κ3) is 2.40. The van der Waals surface area contributed by atoms with E-state index in [1.807, 2.05) is 12.1 Å². The SMILES string of the molecule is CN(C(=O)c1ccc2c(c1)CCO2)[C@@H]1CCS(=O)(=O)C1. The Hall–Kier alpha value is -1.56. The van der Waals surface area contributed by atoms with Gasteiger partial charge in [0.15, 0.2) is 9.84 Å². The second kappa shape index (κ2) is 4.77. The van der Waals surface area contributed by atoms with E-state index >= 15 is 0 Å². The summed E-state index contributed by atoms with van der Waals surface area (Å²) in [5.41, 5.74) is 1.64. The van der Waals surface area contributed by atoms with Crippen molar-refractivity contribution in [3.8, 4) is 5.75 Å². The number of nitrogens with zero attached hydrogens (tertiary/aromatic N) is 1. The van der Waals surface area contributed by atoms with Gasteiger partial charge in [0.25, 0.3) is 5.91 Å². The van der Waals surface area contributed by atoms with Gasteiger partial charge in [-0.2, -0.15) is 0 Å². The lowest BCUT2D eigenvalue weighted by atomic mass is 10.1. The van der Waals surface area contributed by atoms with Crippen molar-refractivity contribution in [2.45, 2.75) is 18.9 Å².